The monoisotopic (exact) mass is 1680 g/mol. The van der Waals surface area contributed by atoms with Crippen molar-refractivity contribution in [2.75, 3.05) is 104 Å². The maximum Gasteiger partial charge on any atom is 0.350 e. The van der Waals surface area contributed by atoms with Gasteiger partial charge in [0.15, 0.2) is 0 Å². The Morgan fingerprint density at radius 1 is 0.342 bits per heavy atom. The van der Waals surface area contributed by atoms with Gasteiger partial charge in [-0.1, -0.05) is 36.8 Å². The third-order valence-electron chi connectivity index (χ3n) is 21.0. The van der Waals surface area contributed by atoms with Crippen LogP contribution in [0, 0.1) is 6.92 Å². The Morgan fingerprint density at radius 2 is 0.692 bits per heavy atom. The number of hydrogen-bond donors (Lipinski definition) is 4. The second-order valence-corrected chi connectivity index (χ2v) is 30.7. The van der Waals surface area contributed by atoms with E-state index in [-0.39, 0.29) is 33.9 Å². The average molecular weight is 1680 g/mol. The van der Waals surface area contributed by atoms with Crippen molar-refractivity contribution in [1.82, 2.24) is 25.6 Å². The third kappa shape index (κ3) is 24.9. The van der Waals surface area contributed by atoms with Gasteiger partial charge in [0.1, 0.15) is 49.5 Å². The maximum atomic E-state index is 12.3. The zero-order valence-corrected chi connectivity index (χ0v) is 68.9. The first-order chi connectivity index (χ1) is 58.6. The summed E-state index contributed by atoms with van der Waals surface area (Å²) in [6.07, 6.45) is 21.7. The van der Waals surface area contributed by atoms with Gasteiger partial charge in [-0.05, 0) is 252 Å². The summed E-state index contributed by atoms with van der Waals surface area (Å²) in [4.78, 5) is 90.6. The minimum atomic E-state index is -0.409. The summed E-state index contributed by atoms with van der Waals surface area (Å²) in [5.41, 5.74) is 15.7. The SMILES string of the molecule is C1CCNCC1.Cc1ccc2ccc(=O)oc2c1.Nc1ccccn1.O=c1ccc2ccc(N3CCCCC3)cc2o1.O=c1ccc2ccc(O)cc2o1.O=c1oc2cc(N3CCCCC3)ccc2cc1Br.O=c1oc2cc(N3CCCCC3)ccc2cc1Cc1ccccn1.O=c1oc2cc(N3CCNCC3)ccc2cc1Cc1ccccn1. The second kappa shape index (κ2) is 43.1. The molecule has 0 bridgehead atoms. The summed E-state index contributed by atoms with van der Waals surface area (Å²) in [6, 6.07) is 66.8. The molecule has 0 spiro atoms. The zero-order chi connectivity index (χ0) is 83.4. The van der Waals surface area contributed by atoms with Crippen molar-refractivity contribution in [3.05, 3.63) is 332 Å². The number of fused-ring (bicyclic) bond motifs is 6. The lowest BCUT2D eigenvalue weighted by atomic mass is 10.1. The number of nitrogen functional groups attached to an aromatic ring is 1. The first kappa shape index (κ1) is 85.1. The second-order valence-electron chi connectivity index (χ2n) is 29.9. The molecule has 20 rings (SSSR count). The Balaban J connectivity index is 0.000000122. The van der Waals surface area contributed by atoms with Gasteiger partial charge in [-0.2, -0.15) is 0 Å². The number of rotatable bonds is 8. The molecule has 0 atom stereocenters. The van der Waals surface area contributed by atoms with E-state index in [2.05, 4.69) is 85.4 Å². The Morgan fingerprint density at radius 3 is 1.08 bits per heavy atom. The Hall–Kier alpha value is -12.8. The maximum absolute atomic E-state index is 12.3. The molecule has 6 aromatic carbocycles. The number of anilines is 5. The van der Waals surface area contributed by atoms with Crippen LogP contribution in [0.2, 0.25) is 0 Å². The fourth-order valence-electron chi connectivity index (χ4n) is 14.6. The van der Waals surface area contributed by atoms with Gasteiger partial charge < -0.3 is 67.6 Å². The molecule has 0 aliphatic carbocycles. The smallest absolute Gasteiger partial charge is 0.350 e. The van der Waals surface area contributed by atoms with Crippen LogP contribution in [0.1, 0.15) is 105 Å². The van der Waals surface area contributed by atoms with Gasteiger partial charge in [0.05, 0.1) is 0 Å². The summed E-state index contributed by atoms with van der Waals surface area (Å²) in [5.74, 6) is 0.666. The molecule has 5 aliphatic heterocycles. The first-order valence-corrected chi connectivity index (χ1v) is 41.9. The highest BCUT2D eigenvalue weighted by atomic mass is 79.9. The van der Waals surface area contributed by atoms with Crippen LogP contribution < -0.4 is 69.7 Å². The van der Waals surface area contributed by atoms with Gasteiger partial charge in [-0.25, -0.2) is 33.8 Å². The lowest BCUT2D eigenvalue weighted by Gasteiger charge is -2.29. The number of phenolic OH excluding ortho intramolecular Hbond substituents is 1. The van der Waals surface area contributed by atoms with Gasteiger partial charge in [0.25, 0.3) is 0 Å². The van der Waals surface area contributed by atoms with Gasteiger partial charge in [-0.15, -0.1) is 0 Å². The minimum Gasteiger partial charge on any atom is -0.508 e. The number of halogens is 1. The molecule has 23 nitrogen and oxygen atoms in total. The van der Waals surface area contributed by atoms with E-state index >= 15 is 0 Å². The molecule has 120 heavy (non-hydrogen) atoms. The molecule has 15 aromatic rings. The van der Waals surface area contributed by atoms with Crippen molar-refractivity contribution in [3.8, 4) is 5.75 Å². The number of aromatic hydroxyl groups is 1. The lowest BCUT2D eigenvalue weighted by Crippen LogP contribution is -2.43. The van der Waals surface area contributed by atoms with Crippen LogP contribution in [0.5, 0.6) is 5.75 Å². The summed E-state index contributed by atoms with van der Waals surface area (Å²) in [7, 11) is 0. The topological polar surface area (TPSA) is 303 Å². The number of piperazine rings is 1. The standard InChI is InChI=1S/C20H20N2O2.C19H19N3O2.C14H14BrNO2.C14H15NO2.C10H8O2.C9H6O3.C5H6N2.C5H11N/c23-20-16(13-17-6-2-3-9-21-17)12-15-7-8-18(14-19(15)24-20)22-10-4-1-5-11-22;23-19-15(12-16-3-1-2-6-21-16)11-14-4-5-17(13-18(14)24-19)22-9-7-20-8-10-22;15-12-8-10-4-5-11(9-13(10)18-14(12)17)16-6-2-1-3-7-16;16-14-7-5-11-4-6-12(10-13(11)17-14)15-8-2-1-3-9-15;1-7-2-3-8-4-5-10(11)12-9(8)6-7;10-7-3-1-6-2-4-9(11)12-8(6)5-7;6-5-3-1-2-4-7-5;1-2-4-6-5-3-1/h2-3,6-9,12,14H,1,4-5,10-11,13H2;1-6,11,13,20H,7-10,12H2;4-5,8-9H,1-3,6-7H2;4-7,10H,1-3,8-9H2;2-6H,1H3;1-5,10H;1-4H,(H2,6,7);6H,1-5H2. The highest BCUT2D eigenvalue weighted by Crippen LogP contribution is 2.30. The third-order valence-corrected chi connectivity index (χ3v) is 21.5. The van der Waals surface area contributed by atoms with E-state index in [9.17, 15) is 28.8 Å². The molecule has 5 saturated heterocycles. The van der Waals surface area contributed by atoms with Crippen LogP contribution >= 0.6 is 15.9 Å². The zero-order valence-electron chi connectivity index (χ0n) is 67.3. The normalized spacial score (nSPS) is 14.5. The molecule has 0 amide bonds. The summed E-state index contributed by atoms with van der Waals surface area (Å²) >= 11 is 3.19. The van der Waals surface area contributed by atoms with E-state index < -0.39 is 5.63 Å². The molecule has 5 fully saturated rings. The number of phenols is 1. The quantitative estimate of drug-likeness (QED) is 0.103. The fraction of sp³-hybridized carbons (Fsp3) is 0.281. The fourth-order valence-corrected chi connectivity index (χ4v) is 14.9. The van der Waals surface area contributed by atoms with Crippen molar-refractivity contribution < 1.29 is 31.6 Å². The highest BCUT2D eigenvalue weighted by Gasteiger charge is 2.18. The Labute approximate surface area is 701 Å². The molecule has 24 heteroatoms. The van der Waals surface area contributed by atoms with Crippen LogP contribution in [-0.4, -0.2) is 98.6 Å². The largest absolute Gasteiger partial charge is 0.508 e. The molecule has 0 unspecified atom stereocenters. The molecule has 14 heterocycles. The van der Waals surface area contributed by atoms with Crippen LogP contribution in [0.15, 0.2) is 297 Å². The first-order valence-electron chi connectivity index (χ1n) is 41.1. The summed E-state index contributed by atoms with van der Waals surface area (Å²) in [5, 5.41) is 21.3. The molecular weight excluding hydrogens is 1580 g/mol. The minimum absolute atomic E-state index is 0.0943. The Kier molecular flexibility index (Phi) is 30.6. The number of nitrogens with one attached hydrogen (secondary N) is 2. The van der Waals surface area contributed by atoms with Crippen LogP contribution in [0.25, 0.3) is 65.8 Å². The van der Waals surface area contributed by atoms with E-state index in [1.54, 1.807) is 61.1 Å². The molecule has 5 N–H and O–H groups in total. The van der Waals surface area contributed by atoms with E-state index in [0.29, 0.717) is 67.8 Å². The van der Waals surface area contributed by atoms with E-state index in [0.717, 1.165) is 137 Å². The van der Waals surface area contributed by atoms with Crippen molar-refractivity contribution in [1.29, 1.82) is 0 Å². The van der Waals surface area contributed by atoms with Crippen molar-refractivity contribution >= 4 is 110 Å². The predicted molar refractivity (Wildman–Crippen MR) is 482 cm³/mol. The van der Waals surface area contributed by atoms with Crippen molar-refractivity contribution in [2.24, 2.45) is 0 Å². The number of nitrogens with zero attached hydrogens (tertiary/aromatic N) is 7. The van der Waals surface area contributed by atoms with Gasteiger partial charge >= 0.3 is 33.8 Å². The number of nitrogens with two attached hydrogens (primary N) is 1. The molecule has 0 radical (unpaired) electrons. The van der Waals surface area contributed by atoms with E-state index in [1.165, 1.54) is 114 Å². The molecule has 0 saturated carbocycles. The number of aryl methyl sites for hydroxylation is 1. The number of pyridine rings is 3. The average Bonchev–Trinajstić information content (AvgIpc) is 0.892. The number of aromatic nitrogens is 3. The van der Waals surface area contributed by atoms with Crippen LogP contribution in [0.3, 0.4) is 0 Å². The number of piperidine rings is 4. The van der Waals surface area contributed by atoms with Crippen LogP contribution in [0.4, 0.5) is 28.6 Å². The van der Waals surface area contributed by atoms with Gasteiger partial charge in [-0.3, -0.25) is 9.97 Å². The van der Waals surface area contributed by atoms with E-state index in [1.807, 2.05) is 134 Å². The molecular formula is C96H99BrN10O13. The highest BCUT2D eigenvalue weighted by molar-refractivity contribution is 9.10. The van der Waals surface area contributed by atoms with Gasteiger partial charge in [0, 0.05) is 223 Å². The Bertz CT molecular complexity index is 5980. The summed E-state index contributed by atoms with van der Waals surface area (Å²) in [6.45, 7) is 14.9. The van der Waals surface area contributed by atoms with Gasteiger partial charge in [0.2, 0.25) is 0 Å². The molecule has 9 aromatic heterocycles. The lowest BCUT2D eigenvalue weighted by molar-refractivity contribution is 0.473. The van der Waals surface area contributed by atoms with Crippen LogP contribution in [-0.2, 0) is 12.8 Å². The van der Waals surface area contributed by atoms with Crippen molar-refractivity contribution in [3.63, 3.8) is 0 Å². The van der Waals surface area contributed by atoms with Crippen molar-refractivity contribution in [2.45, 2.75) is 96.8 Å². The summed E-state index contributed by atoms with van der Waals surface area (Å²) < 4.78 is 31.9. The molecule has 618 valence electrons. The molecule has 5 aliphatic rings. The number of hydrogen-bond acceptors (Lipinski definition) is 23. The number of benzene rings is 6. The predicted octanol–water partition coefficient (Wildman–Crippen LogP) is 17.3. The van der Waals surface area contributed by atoms with E-state index in [4.69, 9.17) is 37.3 Å².